The summed E-state index contributed by atoms with van der Waals surface area (Å²) in [6.07, 6.45) is 0.0170. The van der Waals surface area contributed by atoms with Gasteiger partial charge in [0, 0.05) is 26.1 Å². The van der Waals surface area contributed by atoms with Crippen molar-refractivity contribution in [2.75, 3.05) is 51.8 Å². The zero-order chi connectivity index (χ0) is 15.5. The number of hydrogen-bond donors (Lipinski definition) is 0. The molecule has 0 aromatic rings. The zero-order valence-corrected chi connectivity index (χ0v) is 13.5. The lowest BCUT2D eigenvalue weighted by Gasteiger charge is -2.42. The van der Waals surface area contributed by atoms with Crippen LogP contribution in [0.2, 0.25) is 0 Å². The van der Waals surface area contributed by atoms with Crippen LogP contribution in [0, 0.1) is 0 Å². The Morgan fingerprint density at radius 1 is 1.10 bits per heavy atom. The highest BCUT2D eigenvalue weighted by molar-refractivity contribution is 7.89. The fourth-order valence-electron chi connectivity index (χ4n) is 2.63. The summed E-state index contributed by atoms with van der Waals surface area (Å²) in [7, 11) is -3.38. The molecule has 0 spiro atoms. The lowest BCUT2D eigenvalue weighted by molar-refractivity contribution is -0.145. The van der Waals surface area contributed by atoms with Crippen LogP contribution in [0.25, 0.3) is 0 Å². The van der Waals surface area contributed by atoms with E-state index in [-0.39, 0.29) is 23.6 Å². The van der Waals surface area contributed by atoms with Gasteiger partial charge in [-0.2, -0.15) is 4.31 Å². The molecule has 0 aromatic heterocycles. The van der Waals surface area contributed by atoms with Gasteiger partial charge in [0.2, 0.25) is 15.9 Å². The number of rotatable bonds is 4. The monoisotopic (exact) mass is 320 g/mol. The first-order valence-electron chi connectivity index (χ1n) is 7.27. The summed E-state index contributed by atoms with van der Waals surface area (Å²) >= 11 is 0. The molecule has 1 amide bonds. The van der Waals surface area contributed by atoms with Crippen molar-refractivity contribution in [3.8, 4) is 0 Å². The van der Waals surface area contributed by atoms with Crippen LogP contribution in [-0.2, 0) is 24.3 Å². The molecule has 122 valence electrons. The summed E-state index contributed by atoms with van der Waals surface area (Å²) in [5.41, 5.74) is -0.377. The van der Waals surface area contributed by atoms with Crippen LogP contribution in [0.5, 0.6) is 0 Å². The van der Waals surface area contributed by atoms with Crippen LogP contribution in [0.1, 0.15) is 20.3 Å². The van der Waals surface area contributed by atoms with E-state index in [9.17, 15) is 13.2 Å². The zero-order valence-electron chi connectivity index (χ0n) is 12.7. The van der Waals surface area contributed by atoms with E-state index < -0.39 is 10.0 Å². The van der Waals surface area contributed by atoms with Crippen molar-refractivity contribution in [2.45, 2.75) is 25.8 Å². The molecule has 0 unspecified atom stereocenters. The quantitative estimate of drug-likeness (QED) is 0.709. The summed E-state index contributed by atoms with van der Waals surface area (Å²) in [4.78, 5) is 14.0. The van der Waals surface area contributed by atoms with Gasteiger partial charge in [-0.05, 0) is 13.8 Å². The number of morpholine rings is 2. The smallest absolute Gasteiger partial charge is 0.224 e. The fraction of sp³-hybridized carbons (Fsp3) is 0.923. The van der Waals surface area contributed by atoms with Gasteiger partial charge < -0.3 is 14.4 Å². The molecule has 8 heteroatoms. The minimum absolute atomic E-state index is 0.0170. The Kier molecular flexibility index (Phi) is 5.24. The molecule has 0 N–H and O–H groups in total. The Balaban J connectivity index is 1.90. The molecule has 2 heterocycles. The lowest BCUT2D eigenvalue weighted by Crippen LogP contribution is -2.55. The number of nitrogens with zero attached hydrogens (tertiary/aromatic N) is 2. The van der Waals surface area contributed by atoms with Crippen molar-refractivity contribution in [3.05, 3.63) is 0 Å². The lowest BCUT2D eigenvalue weighted by atomic mass is 10.0. The third-order valence-electron chi connectivity index (χ3n) is 3.88. The highest BCUT2D eigenvalue weighted by Crippen LogP contribution is 2.20. The van der Waals surface area contributed by atoms with E-state index in [2.05, 4.69) is 0 Å². The third kappa shape index (κ3) is 4.15. The molecule has 0 atom stereocenters. The first kappa shape index (κ1) is 16.7. The number of sulfonamides is 1. The normalized spacial score (nSPS) is 24.0. The van der Waals surface area contributed by atoms with Crippen molar-refractivity contribution in [1.82, 2.24) is 9.21 Å². The highest BCUT2D eigenvalue weighted by Gasteiger charge is 2.35. The first-order chi connectivity index (χ1) is 9.83. The Labute approximate surface area is 126 Å². The third-order valence-corrected chi connectivity index (χ3v) is 5.76. The van der Waals surface area contributed by atoms with Crippen molar-refractivity contribution < 1.29 is 22.7 Å². The first-order valence-corrected chi connectivity index (χ1v) is 8.88. The topological polar surface area (TPSA) is 76.2 Å². The fourth-order valence-corrected chi connectivity index (χ4v) is 4.02. The highest BCUT2D eigenvalue weighted by atomic mass is 32.2. The molecular weight excluding hydrogens is 296 g/mol. The predicted octanol–water partition coefficient (Wildman–Crippen LogP) is -0.324. The van der Waals surface area contributed by atoms with E-state index >= 15 is 0 Å². The molecule has 2 saturated heterocycles. The molecule has 0 aliphatic carbocycles. The van der Waals surface area contributed by atoms with Gasteiger partial charge in [-0.1, -0.05) is 0 Å². The summed E-state index contributed by atoms with van der Waals surface area (Å²) in [5.74, 6) is -0.264. The molecule has 2 rings (SSSR count). The maximum absolute atomic E-state index is 12.3. The van der Waals surface area contributed by atoms with Crippen LogP contribution in [-0.4, -0.2) is 80.9 Å². The summed E-state index contributed by atoms with van der Waals surface area (Å²) in [6, 6.07) is 0. The van der Waals surface area contributed by atoms with Crippen LogP contribution in [0.15, 0.2) is 0 Å². The molecule has 7 nitrogen and oxygen atoms in total. The van der Waals surface area contributed by atoms with Gasteiger partial charge in [-0.15, -0.1) is 0 Å². The van der Waals surface area contributed by atoms with E-state index in [1.807, 2.05) is 13.8 Å². The van der Waals surface area contributed by atoms with Gasteiger partial charge in [0.05, 0.1) is 37.7 Å². The van der Waals surface area contributed by atoms with Gasteiger partial charge in [-0.3, -0.25) is 4.79 Å². The average Bonchev–Trinajstić information content (AvgIpc) is 2.45. The number of carbonyl (C=O) groups excluding carboxylic acids is 1. The maximum atomic E-state index is 12.3. The van der Waals surface area contributed by atoms with Gasteiger partial charge in [-0.25, -0.2) is 8.42 Å². The molecular formula is C13H24N2O5S. The number of amides is 1. The second-order valence-corrected chi connectivity index (χ2v) is 8.08. The van der Waals surface area contributed by atoms with E-state index in [0.717, 1.165) is 0 Å². The molecule has 2 aliphatic heterocycles. The predicted molar refractivity (Wildman–Crippen MR) is 77.4 cm³/mol. The molecule has 0 radical (unpaired) electrons. The van der Waals surface area contributed by atoms with E-state index in [0.29, 0.717) is 46.1 Å². The second-order valence-electron chi connectivity index (χ2n) is 5.99. The van der Waals surface area contributed by atoms with Gasteiger partial charge in [0.15, 0.2) is 0 Å². The van der Waals surface area contributed by atoms with Gasteiger partial charge in [0.1, 0.15) is 0 Å². The molecule has 0 saturated carbocycles. The van der Waals surface area contributed by atoms with Crippen molar-refractivity contribution in [3.63, 3.8) is 0 Å². The SMILES string of the molecule is CC1(C)COCCN1C(=O)CCS(=O)(=O)N1CCOCC1. The van der Waals surface area contributed by atoms with Crippen molar-refractivity contribution in [1.29, 1.82) is 0 Å². The summed E-state index contributed by atoms with van der Waals surface area (Å²) < 4.78 is 36.3. The Bertz CT molecular complexity index is 471. The minimum atomic E-state index is -3.38. The largest absolute Gasteiger partial charge is 0.379 e. The number of carbonyl (C=O) groups is 1. The molecule has 21 heavy (non-hydrogen) atoms. The summed E-state index contributed by atoms with van der Waals surface area (Å²) in [6.45, 7) is 6.96. The Morgan fingerprint density at radius 2 is 1.71 bits per heavy atom. The van der Waals surface area contributed by atoms with Crippen LogP contribution < -0.4 is 0 Å². The maximum Gasteiger partial charge on any atom is 0.224 e. The van der Waals surface area contributed by atoms with Gasteiger partial charge in [0.25, 0.3) is 0 Å². The molecule has 2 aliphatic rings. The van der Waals surface area contributed by atoms with Crippen molar-refractivity contribution >= 4 is 15.9 Å². The summed E-state index contributed by atoms with van der Waals surface area (Å²) in [5, 5.41) is 0. The van der Waals surface area contributed by atoms with Gasteiger partial charge >= 0.3 is 0 Å². The number of ether oxygens (including phenoxy) is 2. The van der Waals surface area contributed by atoms with Crippen LogP contribution >= 0.6 is 0 Å². The molecule has 2 fully saturated rings. The minimum Gasteiger partial charge on any atom is -0.379 e. The average molecular weight is 320 g/mol. The van der Waals surface area contributed by atoms with Crippen LogP contribution in [0.3, 0.4) is 0 Å². The van der Waals surface area contributed by atoms with E-state index in [1.54, 1.807) is 4.90 Å². The molecule has 0 bridgehead atoms. The standard InChI is InChI=1S/C13H24N2O5S/c1-13(2)11-20-9-6-15(13)12(16)3-10-21(17,18)14-4-7-19-8-5-14/h3-11H2,1-2H3. The molecule has 0 aromatic carbocycles. The Hall–Kier alpha value is -0.700. The van der Waals surface area contributed by atoms with Crippen LogP contribution in [0.4, 0.5) is 0 Å². The van der Waals surface area contributed by atoms with E-state index in [4.69, 9.17) is 9.47 Å². The second kappa shape index (κ2) is 6.60. The Morgan fingerprint density at radius 3 is 2.33 bits per heavy atom. The van der Waals surface area contributed by atoms with Crippen molar-refractivity contribution in [2.24, 2.45) is 0 Å². The number of hydrogen-bond acceptors (Lipinski definition) is 5. The van der Waals surface area contributed by atoms with E-state index in [1.165, 1.54) is 4.31 Å².